The van der Waals surface area contributed by atoms with E-state index < -0.39 is 26.0 Å². The van der Waals surface area contributed by atoms with E-state index in [0.717, 1.165) is 0 Å². The van der Waals surface area contributed by atoms with Gasteiger partial charge >= 0.3 is 20.3 Å². The van der Waals surface area contributed by atoms with E-state index in [1.165, 1.54) is 0 Å². The van der Waals surface area contributed by atoms with Crippen molar-refractivity contribution in [2.45, 2.75) is 18.4 Å². The highest BCUT2D eigenvalue weighted by Gasteiger charge is 2.62. The van der Waals surface area contributed by atoms with E-state index in [9.17, 15) is 14.2 Å². The molecule has 0 aliphatic carbocycles. The highest BCUT2D eigenvalue weighted by Crippen LogP contribution is 2.67. The topological polar surface area (TPSA) is 185 Å². The summed E-state index contributed by atoms with van der Waals surface area (Å²) in [6.45, 7) is 1.55. The van der Waals surface area contributed by atoms with Crippen molar-refractivity contribution in [1.82, 2.24) is 0 Å². The van der Waals surface area contributed by atoms with Crippen LogP contribution in [0.25, 0.3) is 0 Å². The molecule has 0 aromatic heterocycles. The molecule has 0 unspecified atom stereocenters. The second-order valence-corrected chi connectivity index (χ2v) is 7.03. The minimum Gasteiger partial charge on any atom is -0.402 e. The van der Waals surface area contributed by atoms with Crippen molar-refractivity contribution in [3.8, 4) is 0 Å². The number of rotatable bonds is 5. The molecule has 0 bridgehead atoms. The number of aliphatic hydroxyl groups is 1. The van der Waals surface area contributed by atoms with Gasteiger partial charge in [0.2, 0.25) is 0 Å². The van der Waals surface area contributed by atoms with Gasteiger partial charge in [-0.3, -0.25) is 9.13 Å². The van der Waals surface area contributed by atoms with E-state index in [0.29, 0.717) is 6.08 Å². The summed E-state index contributed by atoms with van der Waals surface area (Å²) in [5, 5.41) is 12.8. The standard InChI is InChI=1S/C6H14N2O7P2/c1-2-4(7)3-5(8)6(9,16(10,11)12)17(13,14)15/h3,8-9H,2,7H2,1H3,(H2,10,11,12)(H2,13,14,15)/b4-3-,8-5?. The van der Waals surface area contributed by atoms with Crippen molar-refractivity contribution in [3.63, 3.8) is 0 Å². The Bertz CT molecular complexity index is 412. The van der Waals surface area contributed by atoms with E-state index in [1.54, 1.807) is 6.92 Å². The van der Waals surface area contributed by atoms with Gasteiger partial charge in [-0.15, -0.1) is 0 Å². The van der Waals surface area contributed by atoms with Gasteiger partial charge in [0, 0.05) is 5.70 Å². The number of allylic oxidation sites excluding steroid dienone is 1. The minimum absolute atomic E-state index is 0.0599. The lowest BCUT2D eigenvalue weighted by Crippen LogP contribution is -2.37. The fraction of sp³-hybridized carbons (Fsp3) is 0.500. The molecular weight excluding hydrogens is 274 g/mol. The molecule has 8 N–H and O–H groups in total. The SMILES string of the molecule is CC/C(N)=C/C(=N)C(O)(P(=O)(O)O)P(=O)(O)O. The summed E-state index contributed by atoms with van der Waals surface area (Å²) in [5.74, 6) is 0. The molecule has 100 valence electrons. The molecule has 0 atom stereocenters. The average Bonchev–Trinajstić information content (AvgIpc) is 2.12. The van der Waals surface area contributed by atoms with Gasteiger partial charge in [0.15, 0.2) is 0 Å². The summed E-state index contributed by atoms with van der Waals surface area (Å²) in [4.78, 5) is 35.1. The molecule has 0 spiro atoms. The third-order valence-corrected chi connectivity index (χ3v) is 5.58. The maximum Gasteiger partial charge on any atom is 0.375 e. The van der Waals surface area contributed by atoms with Gasteiger partial charge in [0.1, 0.15) is 0 Å². The van der Waals surface area contributed by atoms with Crippen LogP contribution in [0.2, 0.25) is 0 Å². The van der Waals surface area contributed by atoms with E-state index in [-0.39, 0.29) is 12.1 Å². The quantitative estimate of drug-likeness (QED) is 0.254. The van der Waals surface area contributed by atoms with Crippen molar-refractivity contribution >= 4 is 20.9 Å². The molecular formula is C6H14N2O7P2. The summed E-state index contributed by atoms with van der Waals surface area (Å²) < 4.78 is 21.9. The molecule has 11 heteroatoms. The van der Waals surface area contributed by atoms with E-state index in [1.807, 2.05) is 0 Å². The largest absolute Gasteiger partial charge is 0.402 e. The molecule has 0 heterocycles. The van der Waals surface area contributed by atoms with E-state index in [2.05, 4.69) is 0 Å². The van der Waals surface area contributed by atoms with Crippen molar-refractivity contribution in [2.75, 3.05) is 0 Å². The Morgan fingerprint density at radius 1 is 1.29 bits per heavy atom. The summed E-state index contributed by atoms with van der Waals surface area (Å²) in [6.07, 6.45) is 0.791. The van der Waals surface area contributed by atoms with Crippen LogP contribution in [0.1, 0.15) is 13.3 Å². The number of nitrogens with two attached hydrogens (primary N) is 1. The van der Waals surface area contributed by atoms with Gasteiger partial charge < -0.3 is 35.8 Å². The molecule has 0 rings (SSSR count). The van der Waals surface area contributed by atoms with Crippen LogP contribution in [0.15, 0.2) is 11.8 Å². The predicted molar refractivity (Wildman–Crippen MR) is 59.3 cm³/mol. The monoisotopic (exact) mass is 288 g/mol. The zero-order valence-corrected chi connectivity index (χ0v) is 10.6. The first-order valence-corrected chi connectivity index (χ1v) is 7.49. The molecule has 0 amide bonds. The van der Waals surface area contributed by atoms with Gasteiger partial charge in [-0.2, -0.15) is 0 Å². The van der Waals surface area contributed by atoms with Crippen LogP contribution >= 0.6 is 15.2 Å². The third kappa shape index (κ3) is 3.23. The van der Waals surface area contributed by atoms with Crippen molar-refractivity contribution in [1.29, 1.82) is 5.41 Å². The van der Waals surface area contributed by atoms with Crippen molar-refractivity contribution in [3.05, 3.63) is 11.8 Å². The smallest absolute Gasteiger partial charge is 0.375 e. The Morgan fingerprint density at radius 3 is 1.88 bits per heavy atom. The van der Waals surface area contributed by atoms with Crippen LogP contribution in [0.5, 0.6) is 0 Å². The lowest BCUT2D eigenvalue weighted by molar-refractivity contribution is 0.182. The maximum absolute atomic E-state index is 11.0. The fourth-order valence-electron chi connectivity index (χ4n) is 0.868. The van der Waals surface area contributed by atoms with Gasteiger partial charge in [-0.25, -0.2) is 0 Å². The number of hydrogen-bond donors (Lipinski definition) is 7. The van der Waals surface area contributed by atoms with Gasteiger partial charge in [-0.05, 0) is 12.5 Å². The van der Waals surface area contributed by atoms with E-state index in [4.69, 9.17) is 30.7 Å². The van der Waals surface area contributed by atoms with Crippen LogP contribution in [0.4, 0.5) is 0 Å². The Morgan fingerprint density at radius 2 is 1.65 bits per heavy atom. The maximum atomic E-state index is 11.0. The van der Waals surface area contributed by atoms with Crippen molar-refractivity contribution < 1.29 is 33.8 Å². The van der Waals surface area contributed by atoms with Crippen LogP contribution in [0.3, 0.4) is 0 Å². The fourth-order valence-corrected chi connectivity index (χ4v) is 2.98. The first-order valence-electron chi connectivity index (χ1n) is 4.26. The summed E-state index contributed by atoms with van der Waals surface area (Å²) in [7, 11) is -11.3. The second kappa shape index (κ2) is 4.99. The minimum atomic E-state index is -5.66. The molecule has 9 nitrogen and oxygen atoms in total. The van der Waals surface area contributed by atoms with Gasteiger partial charge in [0.25, 0.3) is 0 Å². The molecule has 0 aromatic rings. The van der Waals surface area contributed by atoms with Crippen LogP contribution in [-0.4, -0.2) is 35.5 Å². The number of hydrogen-bond acceptors (Lipinski definition) is 5. The van der Waals surface area contributed by atoms with Gasteiger partial charge in [0.05, 0.1) is 5.71 Å². The Kier molecular flexibility index (Phi) is 4.84. The van der Waals surface area contributed by atoms with Crippen LogP contribution in [-0.2, 0) is 9.13 Å². The molecule has 17 heavy (non-hydrogen) atoms. The highest BCUT2D eigenvalue weighted by molar-refractivity contribution is 7.73. The Hall–Kier alpha value is -0.530. The van der Waals surface area contributed by atoms with Crippen LogP contribution in [0, 0.1) is 5.41 Å². The zero-order valence-electron chi connectivity index (χ0n) is 8.81. The van der Waals surface area contributed by atoms with E-state index >= 15 is 0 Å². The summed E-state index contributed by atoms with van der Waals surface area (Å²) in [6, 6.07) is 0. The first kappa shape index (κ1) is 16.5. The molecule has 0 saturated heterocycles. The number of nitrogens with one attached hydrogen (secondary N) is 1. The summed E-state index contributed by atoms with van der Waals surface area (Å²) >= 11 is 0. The van der Waals surface area contributed by atoms with Crippen LogP contribution < -0.4 is 5.73 Å². The molecule has 0 aliphatic heterocycles. The average molecular weight is 288 g/mol. The molecule has 0 aromatic carbocycles. The third-order valence-electron chi connectivity index (χ3n) is 1.91. The lowest BCUT2D eigenvalue weighted by Gasteiger charge is -2.28. The highest BCUT2D eigenvalue weighted by atomic mass is 31.2. The molecule has 0 saturated carbocycles. The Balaban J connectivity index is 5.80. The molecule has 0 aliphatic rings. The zero-order chi connectivity index (χ0) is 14.1. The predicted octanol–water partition coefficient (Wildman–Crippen LogP) is -0.740. The molecule has 0 fully saturated rings. The normalized spacial score (nSPS) is 14.8. The summed E-state index contributed by atoms with van der Waals surface area (Å²) in [5.41, 5.74) is 3.87. The lowest BCUT2D eigenvalue weighted by atomic mass is 10.2. The molecule has 0 radical (unpaired) electrons. The van der Waals surface area contributed by atoms with Gasteiger partial charge in [-0.1, -0.05) is 6.92 Å². The first-order chi connectivity index (χ1) is 7.38. The Labute approximate surface area is 96.8 Å². The van der Waals surface area contributed by atoms with Crippen molar-refractivity contribution in [2.24, 2.45) is 5.73 Å². The second-order valence-electron chi connectivity index (χ2n) is 3.21.